The Labute approximate surface area is 269 Å². The molecule has 2 atom stereocenters. The third-order valence-electron chi connectivity index (χ3n) is 7.28. The van der Waals surface area contributed by atoms with E-state index in [4.69, 9.17) is 23.2 Å². The number of sulfonamides is 1. The third kappa shape index (κ3) is 8.40. The molecule has 230 valence electrons. The van der Waals surface area contributed by atoms with Crippen molar-refractivity contribution in [1.29, 1.82) is 0 Å². The topological polar surface area (TPSA) is 86.8 Å². The fourth-order valence-electron chi connectivity index (χ4n) is 4.68. The van der Waals surface area contributed by atoms with Crippen molar-refractivity contribution in [2.75, 3.05) is 10.8 Å². The Morgan fingerprint density at radius 1 is 0.841 bits per heavy atom. The number of rotatable bonds is 13. The Hall–Kier alpha value is -3.85. The van der Waals surface area contributed by atoms with Crippen LogP contribution in [0.1, 0.15) is 31.4 Å². The lowest BCUT2D eigenvalue weighted by atomic mass is 10.0. The number of halogens is 2. The molecule has 0 spiro atoms. The van der Waals surface area contributed by atoms with Crippen molar-refractivity contribution in [2.24, 2.45) is 0 Å². The smallest absolute Gasteiger partial charge is 0.264 e. The van der Waals surface area contributed by atoms with Gasteiger partial charge in [-0.2, -0.15) is 0 Å². The summed E-state index contributed by atoms with van der Waals surface area (Å²) < 4.78 is 29.0. The van der Waals surface area contributed by atoms with Gasteiger partial charge in [0.15, 0.2) is 0 Å². The zero-order chi connectivity index (χ0) is 31.7. The Bertz CT molecular complexity index is 1670. The molecule has 0 aliphatic heterocycles. The molecule has 0 aromatic heterocycles. The molecule has 2 amide bonds. The Morgan fingerprint density at radius 2 is 1.48 bits per heavy atom. The molecule has 0 aliphatic carbocycles. The van der Waals surface area contributed by atoms with E-state index in [9.17, 15) is 18.0 Å². The minimum absolute atomic E-state index is 0.0146. The first kappa shape index (κ1) is 33.1. The highest BCUT2D eigenvalue weighted by Gasteiger charge is 2.35. The van der Waals surface area contributed by atoms with Crippen LogP contribution in [0.4, 0.5) is 5.69 Å². The van der Waals surface area contributed by atoms with Crippen LogP contribution in [-0.2, 0) is 32.6 Å². The maximum absolute atomic E-state index is 14.5. The molecule has 0 fully saturated rings. The first-order chi connectivity index (χ1) is 21.1. The molecular formula is C34H35Cl2N3O4S. The molecule has 0 heterocycles. The fraction of sp³-hybridized carbons (Fsp3) is 0.235. The van der Waals surface area contributed by atoms with E-state index in [1.165, 1.54) is 23.1 Å². The van der Waals surface area contributed by atoms with Gasteiger partial charge in [0.1, 0.15) is 12.6 Å². The van der Waals surface area contributed by atoms with Crippen molar-refractivity contribution in [3.05, 3.63) is 130 Å². The molecule has 0 saturated heterocycles. The van der Waals surface area contributed by atoms with Crippen molar-refractivity contribution in [1.82, 2.24) is 10.2 Å². The van der Waals surface area contributed by atoms with Crippen LogP contribution >= 0.6 is 23.2 Å². The van der Waals surface area contributed by atoms with Gasteiger partial charge in [-0.05, 0) is 60.9 Å². The Kier molecular flexibility index (Phi) is 11.4. The average molecular weight is 653 g/mol. The third-order valence-corrected chi connectivity index (χ3v) is 9.67. The molecule has 10 heteroatoms. The molecule has 0 aliphatic rings. The normalized spacial score (nSPS) is 12.6. The first-order valence-electron chi connectivity index (χ1n) is 14.3. The van der Waals surface area contributed by atoms with Crippen LogP contribution in [0.25, 0.3) is 0 Å². The van der Waals surface area contributed by atoms with Gasteiger partial charge in [0.25, 0.3) is 10.0 Å². The maximum Gasteiger partial charge on any atom is 0.264 e. The van der Waals surface area contributed by atoms with Gasteiger partial charge in [0.2, 0.25) is 11.8 Å². The molecule has 0 unspecified atom stereocenters. The van der Waals surface area contributed by atoms with E-state index in [1.807, 2.05) is 44.2 Å². The molecule has 4 aromatic carbocycles. The van der Waals surface area contributed by atoms with E-state index in [0.29, 0.717) is 22.0 Å². The summed E-state index contributed by atoms with van der Waals surface area (Å²) >= 11 is 12.8. The molecule has 0 saturated carbocycles. The van der Waals surface area contributed by atoms with Crippen LogP contribution in [-0.4, -0.2) is 43.8 Å². The van der Waals surface area contributed by atoms with Gasteiger partial charge in [0.05, 0.1) is 10.6 Å². The van der Waals surface area contributed by atoms with Gasteiger partial charge in [-0.25, -0.2) is 8.42 Å². The van der Waals surface area contributed by atoms with Gasteiger partial charge in [0, 0.05) is 29.1 Å². The number of nitrogens with zero attached hydrogens (tertiary/aromatic N) is 2. The highest BCUT2D eigenvalue weighted by molar-refractivity contribution is 7.92. The van der Waals surface area contributed by atoms with E-state index in [1.54, 1.807) is 60.7 Å². The summed E-state index contributed by atoms with van der Waals surface area (Å²) in [5.74, 6) is -0.923. The predicted octanol–water partition coefficient (Wildman–Crippen LogP) is 6.74. The molecule has 44 heavy (non-hydrogen) atoms. The fourth-order valence-corrected chi connectivity index (χ4v) is 6.49. The second kappa shape index (κ2) is 15.2. The summed E-state index contributed by atoms with van der Waals surface area (Å²) in [6.07, 6.45) is 0.905. The molecular weight excluding hydrogens is 617 g/mol. The highest BCUT2D eigenvalue weighted by atomic mass is 35.5. The van der Waals surface area contributed by atoms with Crippen LogP contribution in [0.2, 0.25) is 10.0 Å². The van der Waals surface area contributed by atoms with Crippen LogP contribution < -0.4 is 9.62 Å². The number of nitrogens with one attached hydrogen (secondary N) is 1. The summed E-state index contributed by atoms with van der Waals surface area (Å²) in [6, 6.07) is 29.6. The quantitative estimate of drug-likeness (QED) is 0.173. The number of carbonyl (C=O) groups is 2. The van der Waals surface area contributed by atoms with E-state index in [0.717, 1.165) is 9.87 Å². The number of benzene rings is 4. The molecule has 4 aromatic rings. The number of amides is 2. The van der Waals surface area contributed by atoms with E-state index >= 15 is 0 Å². The van der Waals surface area contributed by atoms with Crippen LogP contribution in [0.3, 0.4) is 0 Å². The summed E-state index contributed by atoms with van der Waals surface area (Å²) in [5.41, 5.74) is 1.69. The van der Waals surface area contributed by atoms with Crippen LogP contribution in [0, 0.1) is 0 Å². The average Bonchev–Trinajstić information content (AvgIpc) is 3.03. The van der Waals surface area contributed by atoms with Crippen molar-refractivity contribution in [3.8, 4) is 0 Å². The van der Waals surface area contributed by atoms with E-state index < -0.39 is 28.5 Å². The van der Waals surface area contributed by atoms with Gasteiger partial charge in [-0.3, -0.25) is 13.9 Å². The van der Waals surface area contributed by atoms with Crippen molar-refractivity contribution < 1.29 is 18.0 Å². The number of hydrogen-bond donors (Lipinski definition) is 1. The lowest BCUT2D eigenvalue weighted by Gasteiger charge is -2.34. The van der Waals surface area contributed by atoms with Crippen molar-refractivity contribution >= 4 is 50.7 Å². The SMILES string of the molecule is CC[C@H](C)NC(=O)[C@H](Cc1ccccc1)N(Cc1ccccc1Cl)C(=O)CN(c1cccc(Cl)c1)S(=O)(=O)c1ccccc1. The molecule has 4 rings (SSSR count). The zero-order valence-corrected chi connectivity index (χ0v) is 26.9. The van der Waals surface area contributed by atoms with E-state index in [-0.39, 0.29) is 35.5 Å². The second-order valence-electron chi connectivity index (χ2n) is 10.4. The van der Waals surface area contributed by atoms with Gasteiger partial charge in [-0.15, -0.1) is 0 Å². The van der Waals surface area contributed by atoms with Crippen molar-refractivity contribution in [3.63, 3.8) is 0 Å². The predicted molar refractivity (Wildman–Crippen MR) is 176 cm³/mol. The van der Waals surface area contributed by atoms with E-state index in [2.05, 4.69) is 5.32 Å². The summed E-state index contributed by atoms with van der Waals surface area (Å²) in [4.78, 5) is 29.8. The highest BCUT2D eigenvalue weighted by Crippen LogP contribution is 2.28. The van der Waals surface area contributed by atoms with Crippen LogP contribution in [0.5, 0.6) is 0 Å². The molecule has 1 N–H and O–H groups in total. The van der Waals surface area contributed by atoms with Crippen molar-refractivity contribution in [2.45, 2.75) is 50.2 Å². The van der Waals surface area contributed by atoms with Gasteiger partial charge >= 0.3 is 0 Å². The minimum atomic E-state index is -4.21. The summed E-state index contributed by atoms with van der Waals surface area (Å²) in [6.45, 7) is 3.26. The zero-order valence-electron chi connectivity index (χ0n) is 24.6. The standard InChI is InChI=1S/C34H35Cl2N3O4S/c1-3-25(2)37-34(41)32(21-26-13-6-4-7-14-26)38(23-27-15-10-11-20-31(27)36)33(40)24-39(29-17-12-16-28(35)22-29)44(42,43)30-18-8-5-9-19-30/h4-20,22,25,32H,3,21,23-24H2,1-2H3,(H,37,41)/t25-,32-/m0/s1. The monoisotopic (exact) mass is 651 g/mol. The lowest BCUT2D eigenvalue weighted by molar-refractivity contribution is -0.140. The Morgan fingerprint density at radius 3 is 2.11 bits per heavy atom. The largest absolute Gasteiger partial charge is 0.352 e. The number of anilines is 1. The second-order valence-corrected chi connectivity index (χ2v) is 13.1. The summed E-state index contributed by atoms with van der Waals surface area (Å²) in [7, 11) is -4.21. The molecule has 0 radical (unpaired) electrons. The molecule has 7 nitrogen and oxygen atoms in total. The van der Waals surface area contributed by atoms with Crippen LogP contribution in [0.15, 0.2) is 114 Å². The number of hydrogen-bond acceptors (Lipinski definition) is 4. The number of carbonyl (C=O) groups excluding carboxylic acids is 2. The maximum atomic E-state index is 14.5. The first-order valence-corrected chi connectivity index (χ1v) is 16.5. The van der Waals surface area contributed by atoms with Gasteiger partial charge in [-0.1, -0.05) is 103 Å². The lowest BCUT2D eigenvalue weighted by Crippen LogP contribution is -2.54. The molecule has 0 bridgehead atoms. The Balaban J connectivity index is 1.81. The summed E-state index contributed by atoms with van der Waals surface area (Å²) in [5, 5.41) is 3.76. The minimum Gasteiger partial charge on any atom is -0.352 e. The van der Waals surface area contributed by atoms with Gasteiger partial charge < -0.3 is 10.2 Å².